The number of carbonyl (C=O) groups excluding carboxylic acids is 1. The van der Waals surface area contributed by atoms with Crippen LogP contribution in [0.25, 0.3) is 0 Å². The number of pyridine rings is 1. The second-order valence-electron chi connectivity index (χ2n) is 7.04. The van der Waals surface area contributed by atoms with Crippen molar-refractivity contribution in [2.45, 2.75) is 18.5 Å². The molecular formula is C18H29N5O2S. The molecule has 1 atom stereocenters. The standard InChI is InChI=1S/C18H29N5O2S/c1-22(2)16-15(4-3-6-19-16)12-20-17(24)21-13-18(5-11-26-14-18)23-7-9-25-10-8-23/h3-4,6H,5,7-14H2,1-2H3,(H2,20,21,24)/t18-/m1/s1. The molecule has 0 aromatic carbocycles. The van der Waals surface area contributed by atoms with Gasteiger partial charge in [-0.2, -0.15) is 11.8 Å². The molecule has 1 aromatic heterocycles. The van der Waals surface area contributed by atoms with Gasteiger partial charge in [-0.15, -0.1) is 0 Å². The number of thioether (sulfide) groups is 1. The molecule has 0 unspecified atom stereocenters. The zero-order valence-electron chi connectivity index (χ0n) is 15.7. The maximum Gasteiger partial charge on any atom is 0.315 e. The fourth-order valence-electron chi connectivity index (χ4n) is 3.59. The van der Waals surface area contributed by atoms with Gasteiger partial charge in [-0.25, -0.2) is 9.78 Å². The van der Waals surface area contributed by atoms with E-state index in [-0.39, 0.29) is 11.6 Å². The lowest BCUT2D eigenvalue weighted by Gasteiger charge is -2.43. The van der Waals surface area contributed by atoms with E-state index < -0.39 is 0 Å². The normalized spacial score (nSPS) is 23.6. The summed E-state index contributed by atoms with van der Waals surface area (Å²) in [5.41, 5.74) is 1.07. The van der Waals surface area contributed by atoms with E-state index in [1.807, 2.05) is 42.9 Å². The molecule has 2 fully saturated rings. The van der Waals surface area contributed by atoms with Crippen LogP contribution in [-0.4, -0.2) is 79.9 Å². The minimum Gasteiger partial charge on any atom is -0.379 e. The van der Waals surface area contributed by atoms with E-state index in [0.29, 0.717) is 13.1 Å². The van der Waals surface area contributed by atoms with Gasteiger partial charge in [0, 0.05) is 63.3 Å². The Morgan fingerprint density at radius 3 is 2.88 bits per heavy atom. The highest BCUT2D eigenvalue weighted by atomic mass is 32.2. The third-order valence-electron chi connectivity index (χ3n) is 5.07. The van der Waals surface area contributed by atoms with Gasteiger partial charge in [0.25, 0.3) is 0 Å². The molecule has 1 aromatic rings. The largest absolute Gasteiger partial charge is 0.379 e. The van der Waals surface area contributed by atoms with Crippen LogP contribution >= 0.6 is 11.8 Å². The summed E-state index contributed by atoms with van der Waals surface area (Å²) in [5, 5.41) is 6.07. The Hall–Kier alpha value is -1.51. The van der Waals surface area contributed by atoms with Crippen molar-refractivity contribution < 1.29 is 9.53 Å². The fourth-order valence-corrected chi connectivity index (χ4v) is 5.07. The van der Waals surface area contributed by atoms with Crippen LogP contribution in [0, 0.1) is 0 Å². The molecule has 0 spiro atoms. The van der Waals surface area contributed by atoms with Gasteiger partial charge in [-0.3, -0.25) is 4.90 Å². The van der Waals surface area contributed by atoms with Crippen LogP contribution < -0.4 is 15.5 Å². The number of anilines is 1. The highest BCUT2D eigenvalue weighted by Gasteiger charge is 2.40. The zero-order chi connectivity index (χ0) is 18.4. The lowest BCUT2D eigenvalue weighted by Crippen LogP contribution is -2.59. The lowest BCUT2D eigenvalue weighted by molar-refractivity contribution is -0.0124. The summed E-state index contributed by atoms with van der Waals surface area (Å²) in [4.78, 5) is 21.2. The molecular weight excluding hydrogens is 350 g/mol. The van der Waals surface area contributed by atoms with Crippen molar-refractivity contribution in [3.05, 3.63) is 23.9 Å². The van der Waals surface area contributed by atoms with Gasteiger partial charge in [-0.05, 0) is 18.2 Å². The lowest BCUT2D eigenvalue weighted by atomic mass is 9.95. The molecule has 8 heteroatoms. The van der Waals surface area contributed by atoms with E-state index in [1.54, 1.807) is 6.20 Å². The Balaban J connectivity index is 1.53. The van der Waals surface area contributed by atoms with Crippen LogP contribution in [0.2, 0.25) is 0 Å². The number of amides is 2. The van der Waals surface area contributed by atoms with Crippen molar-refractivity contribution in [3.8, 4) is 0 Å². The molecule has 7 nitrogen and oxygen atoms in total. The molecule has 26 heavy (non-hydrogen) atoms. The third-order valence-corrected chi connectivity index (χ3v) is 6.31. The van der Waals surface area contributed by atoms with E-state index in [1.165, 1.54) is 0 Å². The number of aromatic nitrogens is 1. The van der Waals surface area contributed by atoms with Gasteiger partial charge < -0.3 is 20.3 Å². The summed E-state index contributed by atoms with van der Waals surface area (Å²) in [5.74, 6) is 3.10. The van der Waals surface area contributed by atoms with Crippen molar-refractivity contribution >= 4 is 23.6 Å². The van der Waals surface area contributed by atoms with E-state index in [4.69, 9.17) is 4.74 Å². The summed E-state index contributed by atoms with van der Waals surface area (Å²) in [6.07, 6.45) is 2.88. The van der Waals surface area contributed by atoms with Crippen LogP contribution in [0.4, 0.5) is 10.6 Å². The summed E-state index contributed by atoms with van der Waals surface area (Å²) in [7, 11) is 3.91. The number of nitrogens with one attached hydrogen (secondary N) is 2. The Bertz CT molecular complexity index is 601. The highest BCUT2D eigenvalue weighted by Crippen LogP contribution is 2.33. The molecule has 3 heterocycles. The van der Waals surface area contributed by atoms with Crippen molar-refractivity contribution in [1.29, 1.82) is 0 Å². The topological polar surface area (TPSA) is 69.7 Å². The van der Waals surface area contributed by atoms with Gasteiger partial charge in [-0.1, -0.05) is 6.07 Å². The Morgan fingerprint density at radius 2 is 2.19 bits per heavy atom. The second kappa shape index (κ2) is 8.92. The molecule has 2 aliphatic rings. The molecule has 3 rings (SSSR count). The first-order chi connectivity index (χ1) is 12.6. The number of carbonyl (C=O) groups is 1. The quantitative estimate of drug-likeness (QED) is 0.773. The average molecular weight is 380 g/mol. The minimum atomic E-state index is -0.122. The zero-order valence-corrected chi connectivity index (χ0v) is 16.5. The molecule has 2 saturated heterocycles. The van der Waals surface area contributed by atoms with Gasteiger partial charge in [0.1, 0.15) is 5.82 Å². The average Bonchev–Trinajstić information content (AvgIpc) is 3.16. The first-order valence-electron chi connectivity index (χ1n) is 9.14. The smallest absolute Gasteiger partial charge is 0.315 e. The summed E-state index contributed by atoms with van der Waals surface area (Å²) in [6.45, 7) is 4.61. The van der Waals surface area contributed by atoms with Gasteiger partial charge >= 0.3 is 6.03 Å². The second-order valence-corrected chi connectivity index (χ2v) is 8.15. The van der Waals surface area contributed by atoms with Gasteiger partial charge in [0.15, 0.2) is 0 Å². The first kappa shape index (κ1) is 19.3. The fraction of sp³-hybridized carbons (Fsp3) is 0.667. The number of hydrogen-bond acceptors (Lipinski definition) is 6. The minimum absolute atomic E-state index is 0.0644. The maximum atomic E-state index is 12.4. The molecule has 0 radical (unpaired) electrons. The maximum absolute atomic E-state index is 12.4. The van der Waals surface area contributed by atoms with Crippen LogP contribution in [-0.2, 0) is 11.3 Å². The van der Waals surface area contributed by atoms with Crippen LogP contribution in [0.15, 0.2) is 18.3 Å². The van der Waals surface area contributed by atoms with Gasteiger partial charge in [0.05, 0.1) is 13.2 Å². The summed E-state index contributed by atoms with van der Waals surface area (Å²) >= 11 is 1.97. The van der Waals surface area contributed by atoms with E-state index in [0.717, 1.165) is 55.6 Å². The van der Waals surface area contributed by atoms with Crippen LogP contribution in [0.3, 0.4) is 0 Å². The molecule has 0 saturated carbocycles. The van der Waals surface area contributed by atoms with Crippen LogP contribution in [0.1, 0.15) is 12.0 Å². The molecule has 2 amide bonds. The number of urea groups is 1. The first-order valence-corrected chi connectivity index (χ1v) is 10.3. The summed E-state index contributed by atoms with van der Waals surface area (Å²) in [6, 6.07) is 3.76. The number of morpholine rings is 1. The van der Waals surface area contributed by atoms with Crippen molar-refractivity contribution in [3.63, 3.8) is 0 Å². The predicted octanol–water partition coefficient (Wildman–Crippen LogP) is 1.15. The molecule has 0 aliphatic carbocycles. The van der Waals surface area contributed by atoms with Crippen molar-refractivity contribution in [2.24, 2.45) is 0 Å². The monoisotopic (exact) mass is 379 g/mol. The van der Waals surface area contributed by atoms with E-state index >= 15 is 0 Å². The molecule has 2 aliphatic heterocycles. The van der Waals surface area contributed by atoms with E-state index in [2.05, 4.69) is 20.5 Å². The molecule has 0 bridgehead atoms. The Labute approximate surface area is 159 Å². The molecule has 2 N–H and O–H groups in total. The number of hydrogen-bond donors (Lipinski definition) is 2. The van der Waals surface area contributed by atoms with Crippen molar-refractivity contribution in [1.82, 2.24) is 20.5 Å². The Morgan fingerprint density at radius 1 is 1.38 bits per heavy atom. The number of ether oxygens (including phenoxy) is 1. The van der Waals surface area contributed by atoms with Crippen LogP contribution in [0.5, 0.6) is 0 Å². The van der Waals surface area contributed by atoms with E-state index in [9.17, 15) is 4.79 Å². The predicted molar refractivity (Wildman–Crippen MR) is 106 cm³/mol. The van der Waals surface area contributed by atoms with Crippen molar-refractivity contribution in [2.75, 3.05) is 63.3 Å². The number of rotatable bonds is 6. The summed E-state index contributed by atoms with van der Waals surface area (Å²) < 4.78 is 5.49. The number of nitrogens with zero attached hydrogens (tertiary/aromatic N) is 3. The highest BCUT2D eigenvalue weighted by molar-refractivity contribution is 7.99. The molecule has 144 valence electrons. The van der Waals surface area contributed by atoms with Gasteiger partial charge in [0.2, 0.25) is 0 Å². The Kier molecular flexibility index (Phi) is 6.61. The third kappa shape index (κ3) is 4.61. The SMILES string of the molecule is CN(C)c1ncccc1CNC(=O)NC[C@]1(N2CCOCC2)CCSC1.